The number of pyridine rings is 1. The van der Waals surface area contributed by atoms with Gasteiger partial charge in [-0.25, -0.2) is 0 Å². The molecule has 0 bridgehead atoms. The van der Waals surface area contributed by atoms with Crippen molar-refractivity contribution in [1.82, 2.24) is 4.57 Å². The first-order valence-electron chi connectivity index (χ1n) is 6.66. The van der Waals surface area contributed by atoms with Crippen LogP contribution in [-0.2, 0) is 0 Å². The molecule has 2 atom stereocenters. The zero-order chi connectivity index (χ0) is 14.9. The summed E-state index contributed by atoms with van der Waals surface area (Å²) in [6.07, 6.45) is 1.70. The van der Waals surface area contributed by atoms with E-state index in [0.717, 1.165) is 5.69 Å². The van der Waals surface area contributed by atoms with Gasteiger partial charge in [0, 0.05) is 18.2 Å². The van der Waals surface area contributed by atoms with Crippen LogP contribution in [-0.4, -0.2) is 29.2 Å². The molecule has 1 aliphatic rings. The number of hydrogen-bond donors (Lipinski definition) is 1. The molecule has 1 aliphatic heterocycles. The maximum atomic E-state index is 12.4. The summed E-state index contributed by atoms with van der Waals surface area (Å²) in [6.45, 7) is 1.83. The number of carbonyl (C=O) groups is 1. The molecule has 2 rings (SSSR count). The molecule has 0 radical (unpaired) electrons. The molecule has 0 fully saturated rings. The number of alkyl halides is 1. The van der Waals surface area contributed by atoms with Gasteiger partial charge in [0.1, 0.15) is 5.69 Å². The van der Waals surface area contributed by atoms with E-state index in [1.165, 1.54) is 13.2 Å². The Balaban J connectivity index is 2.71. The predicted octanol–water partition coefficient (Wildman–Crippen LogP) is 2.21. The Morgan fingerprint density at radius 1 is 1.60 bits per heavy atom. The van der Waals surface area contributed by atoms with Crippen molar-refractivity contribution >= 4 is 21.7 Å². The molecule has 0 amide bonds. The number of Topliss-reactive ketones (excluding diaryl/α,β-unsaturated/α-hetero) is 1. The summed E-state index contributed by atoms with van der Waals surface area (Å²) in [5.74, 6) is -0.0457. The summed E-state index contributed by atoms with van der Waals surface area (Å²) in [7, 11) is 1.39. The normalized spacial score (nSPS) is 20.8. The maximum Gasteiger partial charge on any atom is 0.224 e. The summed E-state index contributed by atoms with van der Waals surface area (Å²) in [6, 6.07) is 1.27. The number of carbonyl (C=O) groups excluding carboxylic acids is 1. The maximum absolute atomic E-state index is 12.4. The Bertz CT molecular complexity index is 581. The average Bonchev–Trinajstić information content (AvgIpc) is 2.74. The van der Waals surface area contributed by atoms with Crippen LogP contribution in [0.2, 0.25) is 0 Å². The van der Waals surface area contributed by atoms with E-state index in [4.69, 9.17) is 4.74 Å². The van der Waals surface area contributed by atoms with Gasteiger partial charge in [-0.05, 0) is 12.8 Å². The van der Waals surface area contributed by atoms with Crippen molar-refractivity contribution in [2.24, 2.45) is 0 Å². The lowest BCUT2D eigenvalue weighted by Crippen LogP contribution is -2.23. The first-order chi connectivity index (χ1) is 9.54. The Labute approximate surface area is 125 Å². The summed E-state index contributed by atoms with van der Waals surface area (Å²) >= 11 is 3.50. The third-order valence-corrected chi connectivity index (χ3v) is 4.40. The van der Waals surface area contributed by atoms with Crippen LogP contribution in [0, 0.1) is 0 Å². The Morgan fingerprint density at radius 3 is 2.85 bits per heavy atom. The van der Waals surface area contributed by atoms with Gasteiger partial charge in [-0.15, -0.1) is 0 Å². The molecule has 1 aromatic rings. The van der Waals surface area contributed by atoms with Crippen molar-refractivity contribution in [1.29, 1.82) is 0 Å². The lowest BCUT2D eigenvalue weighted by Gasteiger charge is -2.19. The van der Waals surface area contributed by atoms with Crippen molar-refractivity contribution in [3.8, 4) is 5.75 Å². The number of halogens is 1. The van der Waals surface area contributed by atoms with Crippen molar-refractivity contribution in [2.45, 2.75) is 37.1 Å². The quantitative estimate of drug-likeness (QED) is 0.657. The molecule has 2 heterocycles. The van der Waals surface area contributed by atoms with Crippen LogP contribution in [0.15, 0.2) is 10.9 Å². The van der Waals surface area contributed by atoms with Gasteiger partial charge >= 0.3 is 0 Å². The summed E-state index contributed by atoms with van der Waals surface area (Å²) in [4.78, 5) is 24.4. The van der Waals surface area contributed by atoms with Gasteiger partial charge in [-0.3, -0.25) is 9.59 Å². The van der Waals surface area contributed by atoms with Gasteiger partial charge in [0.15, 0.2) is 11.5 Å². The molecule has 1 aromatic heterocycles. The number of aliphatic hydroxyl groups is 1. The van der Waals surface area contributed by atoms with Crippen LogP contribution >= 0.6 is 15.9 Å². The fourth-order valence-corrected chi connectivity index (χ4v) is 3.47. The highest BCUT2D eigenvalue weighted by atomic mass is 79.9. The highest BCUT2D eigenvalue weighted by Crippen LogP contribution is 2.41. The molecular weight excluding hydrogens is 326 g/mol. The van der Waals surface area contributed by atoms with Gasteiger partial charge in [0.05, 0.1) is 24.6 Å². The molecule has 6 heteroatoms. The molecule has 0 spiro atoms. The number of hydrogen-bond acceptors (Lipinski definition) is 4. The molecule has 1 N–H and O–H groups in total. The van der Waals surface area contributed by atoms with Crippen LogP contribution < -0.4 is 10.2 Å². The lowest BCUT2D eigenvalue weighted by atomic mass is 10.1. The fourth-order valence-electron chi connectivity index (χ4n) is 2.68. The number of rotatable bonds is 5. The second kappa shape index (κ2) is 6.10. The molecular formula is C14H18BrNO4. The van der Waals surface area contributed by atoms with Gasteiger partial charge < -0.3 is 14.4 Å². The molecule has 0 saturated heterocycles. The van der Waals surface area contributed by atoms with Crippen molar-refractivity contribution in [3.05, 3.63) is 27.7 Å². The van der Waals surface area contributed by atoms with Crippen LogP contribution in [0.25, 0.3) is 0 Å². The van der Waals surface area contributed by atoms with Crippen LogP contribution in [0.1, 0.15) is 53.2 Å². The van der Waals surface area contributed by atoms with Gasteiger partial charge in [-0.2, -0.15) is 0 Å². The minimum atomic E-state index is -0.291. The molecule has 0 aliphatic carbocycles. The number of nitrogens with zero attached hydrogens (tertiary/aromatic N) is 1. The van der Waals surface area contributed by atoms with E-state index in [9.17, 15) is 14.7 Å². The molecule has 1 unspecified atom stereocenters. The number of ketones is 1. The van der Waals surface area contributed by atoms with E-state index in [0.29, 0.717) is 19.3 Å². The van der Waals surface area contributed by atoms with Crippen molar-refractivity contribution < 1.29 is 14.6 Å². The standard InChI is InChI=1S/C14H18BrNO4/c1-3-4-11(18)13-14(20-2)12(19)6-10-9(15)5-8(7-17)16(10)13/h6,8-9,17H,3-5,7H2,1-2H3/t8-,9?/m0/s1. The first kappa shape index (κ1) is 15.3. The third kappa shape index (κ3) is 2.42. The number of methoxy groups -OCH3 is 1. The van der Waals surface area contributed by atoms with E-state index >= 15 is 0 Å². The molecule has 20 heavy (non-hydrogen) atoms. The number of aliphatic hydroxyl groups excluding tert-OH is 1. The lowest BCUT2D eigenvalue weighted by molar-refractivity contribution is 0.0963. The molecule has 0 saturated carbocycles. The highest BCUT2D eigenvalue weighted by molar-refractivity contribution is 9.09. The Morgan fingerprint density at radius 2 is 2.30 bits per heavy atom. The van der Waals surface area contributed by atoms with Gasteiger partial charge in [0.25, 0.3) is 0 Å². The van der Waals surface area contributed by atoms with E-state index in [2.05, 4.69) is 15.9 Å². The number of fused-ring (bicyclic) bond motifs is 1. The number of ether oxygens (including phenoxy) is 1. The Kier molecular flexibility index (Phi) is 4.65. The minimum absolute atomic E-state index is 0.0357. The van der Waals surface area contributed by atoms with Crippen molar-refractivity contribution in [3.63, 3.8) is 0 Å². The average molecular weight is 344 g/mol. The summed E-state index contributed by atoms with van der Waals surface area (Å²) in [5, 5.41) is 9.53. The van der Waals surface area contributed by atoms with E-state index < -0.39 is 0 Å². The monoisotopic (exact) mass is 343 g/mol. The third-order valence-electron chi connectivity index (χ3n) is 3.56. The van der Waals surface area contributed by atoms with Crippen molar-refractivity contribution in [2.75, 3.05) is 13.7 Å². The number of aromatic nitrogens is 1. The van der Waals surface area contributed by atoms with E-state index in [1.54, 1.807) is 4.57 Å². The zero-order valence-corrected chi connectivity index (χ0v) is 13.1. The largest absolute Gasteiger partial charge is 0.491 e. The fraction of sp³-hybridized carbons (Fsp3) is 0.571. The van der Waals surface area contributed by atoms with Crippen LogP contribution in [0.5, 0.6) is 5.75 Å². The second-order valence-corrected chi connectivity index (χ2v) is 6.00. The first-order valence-corrected chi connectivity index (χ1v) is 7.58. The SMILES string of the molecule is CCCC(=O)c1c(OC)c(=O)cc2n1[C@H](CO)CC2Br. The van der Waals surface area contributed by atoms with E-state index in [-0.39, 0.29) is 40.1 Å². The summed E-state index contributed by atoms with van der Waals surface area (Å²) in [5.41, 5.74) is 0.730. The Hall–Kier alpha value is -1.14. The molecule has 5 nitrogen and oxygen atoms in total. The van der Waals surface area contributed by atoms with Gasteiger partial charge in [0.2, 0.25) is 5.43 Å². The van der Waals surface area contributed by atoms with Gasteiger partial charge in [-0.1, -0.05) is 22.9 Å². The van der Waals surface area contributed by atoms with Crippen LogP contribution in [0.4, 0.5) is 0 Å². The molecule has 0 aromatic carbocycles. The minimum Gasteiger partial charge on any atom is -0.491 e. The highest BCUT2D eigenvalue weighted by Gasteiger charge is 2.34. The predicted molar refractivity (Wildman–Crippen MR) is 78.9 cm³/mol. The topological polar surface area (TPSA) is 68.5 Å². The van der Waals surface area contributed by atoms with E-state index in [1.807, 2.05) is 6.92 Å². The smallest absolute Gasteiger partial charge is 0.224 e. The molecule has 110 valence electrons. The van der Waals surface area contributed by atoms with Crippen LogP contribution in [0.3, 0.4) is 0 Å². The summed E-state index contributed by atoms with van der Waals surface area (Å²) < 4.78 is 6.91. The second-order valence-electron chi connectivity index (χ2n) is 4.90. The zero-order valence-electron chi connectivity index (χ0n) is 11.6.